The van der Waals surface area contributed by atoms with Gasteiger partial charge in [0.15, 0.2) is 6.79 Å². The summed E-state index contributed by atoms with van der Waals surface area (Å²) in [6.07, 6.45) is 2.43. The van der Waals surface area contributed by atoms with Gasteiger partial charge in [0.2, 0.25) is 0 Å². The van der Waals surface area contributed by atoms with E-state index in [9.17, 15) is 5.11 Å². The van der Waals surface area contributed by atoms with Gasteiger partial charge in [-0.3, -0.25) is 0 Å². The van der Waals surface area contributed by atoms with Crippen molar-refractivity contribution in [2.75, 3.05) is 21.0 Å². The summed E-state index contributed by atoms with van der Waals surface area (Å²) in [5, 5.41) is 10.8. The molecule has 1 saturated carbocycles. The fourth-order valence-corrected chi connectivity index (χ4v) is 2.58. The Bertz CT molecular complexity index is 393. The van der Waals surface area contributed by atoms with Crippen LogP contribution in [0.3, 0.4) is 0 Å². The minimum Gasteiger partial charge on any atom is -0.468 e. The van der Waals surface area contributed by atoms with Crippen molar-refractivity contribution in [1.82, 2.24) is 0 Å². The summed E-state index contributed by atoms with van der Waals surface area (Å²) < 4.78 is 15.7. The van der Waals surface area contributed by atoms with E-state index in [2.05, 4.69) is 0 Å². The molecule has 2 atom stereocenters. The summed E-state index contributed by atoms with van der Waals surface area (Å²) in [7, 11) is 3.22. The zero-order valence-electron chi connectivity index (χ0n) is 10.9. The molecule has 1 fully saturated rings. The molecule has 1 aromatic rings. The second-order valence-corrected chi connectivity index (χ2v) is 4.62. The largest absolute Gasteiger partial charge is 0.468 e. The van der Waals surface area contributed by atoms with Crippen molar-refractivity contribution in [2.24, 2.45) is 0 Å². The van der Waals surface area contributed by atoms with Crippen molar-refractivity contribution in [2.45, 2.75) is 31.0 Å². The number of hydrogen-bond donors (Lipinski definition) is 1. The van der Waals surface area contributed by atoms with Gasteiger partial charge in [-0.1, -0.05) is 12.1 Å². The van der Waals surface area contributed by atoms with E-state index < -0.39 is 5.60 Å². The molecular weight excluding hydrogens is 232 g/mol. The molecule has 1 N–H and O–H groups in total. The number of methoxy groups -OCH3 is 2. The Hall–Kier alpha value is -1.10. The maximum absolute atomic E-state index is 10.8. The van der Waals surface area contributed by atoms with Gasteiger partial charge in [0.05, 0.1) is 6.10 Å². The minimum atomic E-state index is -0.902. The Labute approximate surface area is 107 Å². The highest BCUT2D eigenvalue weighted by atomic mass is 16.7. The topological polar surface area (TPSA) is 47.9 Å². The third kappa shape index (κ3) is 2.51. The molecule has 0 amide bonds. The maximum Gasteiger partial charge on any atom is 0.188 e. The molecule has 0 spiro atoms. The first kappa shape index (κ1) is 13.3. The Morgan fingerprint density at radius 1 is 1.39 bits per heavy atom. The predicted octanol–water partition coefficient (Wildman–Crippen LogP) is 2.06. The highest BCUT2D eigenvalue weighted by Gasteiger charge is 2.43. The Balaban J connectivity index is 2.21. The normalized spacial score (nSPS) is 27.4. The lowest BCUT2D eigenvalue weighted by Gasteiger charge is -2.29. The van der Waals surface area contributed by atoms with Gasteiger partial charge < -0.3 is 19.3 Å². The Morgan fingerprint density at radius 3 is 2.94 bits per heavy atom. The molecule has 100 valence electrons. The zero-order valence-corrected chi connectivity index (χ0v) is 10.9. The van der Waals surface area contributed by atoms with Gasteiger partial charge >= 0.3 is 0 Å². The SMILES string of the molecule is COCOc1cccc(C2(O)CCCC2OC)c1. The van der Waals surface area contributed by atoms with Gasteiger partial charge in [-0.15, -0.1) is 0 Å². The third-order valence-electron chi connectivity index (χ3n) is 3.52. The van der Waals surface area contributed by atoms with E-state index in [-0.39, 0.29) is 12.9 Å². The third-order valence-corrected chi connectivity index (χ3v) is 3.52. The lowest BCUT2D eigenvalue weighted by Crippen LogP contribution is -2.35. The van der Waals surface area contributed by atoms with Crippen LogP contribution in [0.25, 0.3) is 0 Å². The van der Waals surface area contributed by atoms with E-state index in [1.54, 1.807) is 14.2 Å². The summed E-state index contributed by atoms with van der Waals surface area (Å²) in [4.78, 5) is 0. The quantitative estimate of drug-likeness (QED) is 0.815. The molecule has 0 aliphatic heterocycles. The van der Waals surface area contributed by atoms with Gasteiger partial charge in [-0.2, -0.15) is 0 Å². The Kier molecular flexibility index (Phi) is 4.22. The number of ether oxygens (including phenoxy) is 3. The number of rotatable bonds is 5. The van der Waals surface area contributed by atoms with Gasteiger partial charge in [0, 0.05) is 14.2 Å². The van der Waals surface area contributed by atoms with Crippen LogP contribution >= 0.6 is 0 Å². The number of hydrogen-bond acceptors (Lipinski definition) is 4. The summed E-state index contributed by atoms with van der Waals surface area (Å²) in [5.41, 5.74) is -0.0540. The van der Waals surface area contributed by atoms with Crippen LogP contribution in [0.4, 0.5) is 0 Å². The molecule has 0 radical (unpaired) electrons. The van der Waals surface area contributed by atoms with E-state index >= 15 is 0 Å². The van der Waals surface area contributed by atoms with Crippen molar-refractivity contribution >= 4 is 0 Å². The van der Waals surface area contributed by atoms with Crippen LogP contribution in [0.5, 0.6) is 5.75 Å². The fraction of sp³-hybridized carbons (Fsp3) is 0.571. The van der Waals surface area contributed by atoms with E-state index in [1.807, 2.05) is 24.3 Å². The van der Waals surface area contributed by atoms with E-state index in [0.29, 0.717) is 5.75 Å². The molecule has 0 heterocycles. The van der Waals surface area contributed by atoms with Crippen LogP contribution in [0, 0.1) is 0 Å². The van der Waals surface area contributed by atoms with Crippen LogP contribution in [0.1, 0.15) is 24.8 Å². The Morgan fingerprint density at radius 2 is 2.22 bits per heavy atom. The molecular formula is C14H20O4. The average Bonchev–Trinajstić information content (AvgIpc) is 2.79. The highest BCUT2D eigenvalue weighted by molar-refractivity contribution is 5.34. The lowest BCUT2D eigenvalue weighted by molar-refractivity contribution is -0.0778. The standard InChI is InChI=1S/C14H20O4/c1-16-10-18-12-6-3-5-11(9-12)14(15)8-4-7-13(14)17-2/h3,5-6,9,13,15H,4,7-8,10H2,1-2H3. The van der Waals surface area contributed by atoms with Crippen LogP contribution in [-0.4, -0.2) is 32.2 Å². The molecule has 0 bridgehead atoms. The first-order chi connectivity index (χ1) is 8.70. The van der Waals surface area contributed by atoms with Crippen LogP contribution in [-0.2, 0) is 15.1 Å². The maximum atomic E-state index is 10.8. The monoisotopic (exact) mass is 252 g/mol. The lowest BCUT2D eigenvalue weighted by atomic mass is 9.90. The van der Waals surface area contributed by atoms with Gasteiger partial charge in [0.25, 0.3) is 0 Å². The second kappa shape index (κ2) is 5.69. The smallest absolute Gasteiger partial charge is 0.188 e. The summed E-state index contributed by atoms with van der Waals surface area (Å²) in [5.74, 6) is 0.699. The minimum absolute atomic E-state index is 0.143. The van der Waals surface area contributed by atoms with Crippen molar-refractivity contribution in [1.29, 1.82) is 0 Å². The molecule has 4 heteroatoms. The molecule has 1 aliphatic rings. The van der Waals surface area contributed by atoms with Crippen molar-refractivity contribution in [3.05, 3.63) is 29.8 Å². The fourth-order valence-electron chi connectivity index (χ4n) is 2.58. The molecule has 18 heavy (non-hydrogen) atoms. The zero-order chi connectivity index (χ0) is 13.0. The van der Waals surface area contributed by atoms with Crippen LogP contribution in [0.15, 0.2) is 24.3 Å². The first-order valence-electron chi connectivity index (χ1n) is 6.18. The number of aliphatic hydroxyl groups is 1. The van der Waals surface area contributed by atoms with Crippen molar-refractivity contribution in [3.8, 4) is 5.75 Å². The molecule has 1 aliphatic carbocycles. The summed E-state index contributed by atoms with van der Waals surface area (Å²) in [6, 6.07) is 7.50. The molecule has 2 rings (SSSR count). The highest BCUT2D eigenvalue weighted by Crippen LogP contribution is 2.41. The van der Waals surface area contributed by atoms with Crippen molar-refractivity contribution in [3.63, 3.8) is 0 Å². The molecule has 0 aromatic heterocycles. The average molecular weight is 252 g/mol. The number of benzene rings is 1. The first-order valence-corrected chi connectivity index (χ1v) is 6.18. The predicted molar refractivity (Wildman–Crippen MR) is 67.5 cm³/mol. The molecule has 2 unspecified atom stereocenters. The molecule has 0 saturated heterocycles. The van der Waals surface area contributed by atoms with Gasteiger partial charge in [-0.05, 0) is 37.0 Å². The van der Waals surface area contributed by atoms with E-state index in [4.69, 9.17) is 14.2 Å². The molecule has 4 nitrogen and oxygen atoms in total. The van der Waals surface area contributed by atoms with Crippen LogP contribution in [0.2, 0.25) is 0 Å². The summed E-state index contributed by atoms with van der Waals surface area (Å²) >= 11 is 0. The summed E-state index contributed by atoms with van der Waals surface area (Å²) in [6.45, 7) is 0.204. The van der Waals surface area contributed by atoms with Gasteiger partial charge in [-0.25, -0.2) is 0 Å². The van der Waals surface area contributed by atoms with Crippen molar-refractivity contribution < 1.29 is 19.3 Å². The second-order valence-electron chi connectivity index (χ2n) is 4.62. The van der Waals surface area contributed by atoms with Crippen LogP contribution < -0.4 is 4.74 Å². The van der Waals surface area contributed by atoms with E-state index in [0.717, 1.165) is 24.8 Å². The molecule has 1 aromatic carbocycles. The van der Waals surface area contributed by atoms with E-state index in [1.165, 1.54) is 0 Å². The van der Waals surface area contributed by atoms with Gasteiger partial charge in [0.1, 0.15) is 11.4 Å².